The van der Waals surface area contributed by atoms with Gasteiger partial charge >= 0.3 is 5.97 Å². The summed E-state index contributed by atoms with van der Waals surface area (Å²) < 4.78 is 31.4. The van der Waals surface area contributed by atoms with E-state index in [1.54, 1.807) is 0 Å². The van der Waals surface area contributed by atoms with E-state index in [2.05, 4.69) is 14.9 Å². The molecule has 116 valence electrons. The number of ether oxygens (including phenoxy) is 1. The van der Waals surface area contributed by atoms with Crippen LogP contribution in [0.1, 0.15) is 24.8 Å². The van der Waals surface area contributed by atoms with E-state index in [1.807, 2.05) is 0 Å². The summed E-state index contributed by atoms with van der Waals surface area (Å²) in [5.74, 6) is -4.76. The number of fused-ring (bicyclic) bond motifs is 1. The number of pyridine rings is 2. The van der Waals surface area contributed by atoms with Crippen molar-refractivity contribution in [2.24, 2.45) is 0 Å². The minimum absolute atomic E-state index is 0.0587. The molecule has 2 aromatic heterocycles. The number of Topliss-reactive ketones (excluding diaryl/α,β-unsaturated/α-hetero) is 1. The lowest BCUT2D eigenvalue weighted by atomic mass is 9.92. The molecule has 0 aromatic carbocycles. The summed E-state index contributed by atoms with van der Waals surface area (Å²) in [6.07, 6.45) is 0.736. The number of carbonyl (C=O) groups excluding carboxylic acids is 2. The van der Waals surface area contributed by atoms with Gasteiger partial charge in [-0.25, -0.2) is 14.2 Å². The van der Waals surface area contributed by atoms with E-state index in [9.17, 15) is 18.5 Å². The lowest BCUT2D eigenvalue weighted by molar-refractivity contribution is -0.186. The third kappa shape index (κ3) is 2.72. The second-order valence-corrected chi connectivity index (χ2v) is 4.39. The summed E-state index contributed by atoms with van der Waals surface area (Å²) in [7, 11) is 1.35. The van der Waals surface area contributed by atoms with E-state index in [0.717, 1.165) is 6.20 Å². The summed E-state index contributed by atoms with van der Waals surface area (Å²) in [6.45, 7) is 1.47. The van der Waals surface area contributed by atoms with E-state index in [1.165, 1.54) is 26.2 Å². The Hall–Kier alpha value is -2.64. The normalized spacial score (nSPS) is 12.0. The molecule has 0 radical (unpaired) electrons. The predicted molar refractivity (Wildman–Crippen MR) is 71.3 cm³/mol. The van der Waals surface area contributed by atoms with Crippen molar-refractivity contribution in [2.75, 3.05) is 7.11 Å². The molecule has 1 atom stereocenters. The Morgan fingerprint density at radius 1 is 1.36 bits per heavy atom. The van der Waals surface area contributed by atoms with Gasteiger partial charge in [0.1, 0.15) is 17.3 Å². The van der Waals surface area contributed by atoms with Gasteiger partial charge in [-0.1, -0.05) is 6.92 Å². The van der Waals surface area contributed by atoms with E-state index in [4.69, 9.17) is 4.74 Å². The molecule has 8 heteroatoms. The highest BCUT2D eigenvalue weighted by Gasteiger charge is 2.34. The third-order valence-electron chi connectivity index (χ3n) is 3.16. The molecule has 0 fully saturated rings. The quantitative estimate of drug-likeness (QED) is 0.788. The van der Waals surface area contributed by atoms with Crippen LogP contribution in [0.4, 0.5) is 8.92 Å². The van der Waals surface area contributed by atoms with Crippen LogP contribution in [0.5, 0.6) is 5.88 Å². The largest absolute Gasteiger partial charge is 0.481 e. The van der Waals surface area contributed by atoms with Gasteiger partial charge in [0.15, 0.2) is 5.78 Å². The van der Waals surface area contributed by atoms with Crippen molar-refractivity contribution < 1.29 is 28.2 Å². The molecule has 6 nitrogen and oxygen atoms in total. The van der Waals surface area contributed by atoms with E-state index >= 15 is 0 Å². The van der Waals surface area contributed by atoms with Gasteiger partial charge in [0, 0.05) is 22.6 Å². The van der Waals surface area contributed by atoms with Crippen LogP contribution in [0, 0.1) is 5.82 Å². The first-order valence-corrected chi connectivity index (χ1v) is 6.37. The summed E-state index contributed by atoms with van der Waals surface area (Å²) in [5.41, 5.74) is -0.201. The van der Waals surface area contributed by atoms with Crippen molar-refractivity contribution in [1.82, 2.24) is 9.97 Å². The van der Waals surface area contributed by atoms with Crippen molar-refractivity contribution in [2.45, 2.75) is 19.3 Å². The Morgan fingerprint density at radius 2 is 2.09 bits per heavy atom. The smallest absolute Gasteiger partial charge is 0.363 e. The molecule has 0 amide bonds. The topological polar surface area (TPSA) is 78.4 Å². The molecule has 0 aliphatic heterocycles. The monoisotopic (exact) mass is 310 g/mol. The first kappa shape index (κ1) is 15.7. The van der Waals surface area contributed by atoms with Crippen molar-refractivity contribution in [3.8, 4) is 5.88 Å². The average molecular weight is 310 g/mol. The molecule has 0 aliphatic rings. The maximum atomic E-state index is 14.2. The lowest BCUT2D eigenvalue weighted by Crippen LogP contribution is -2.23. The van der Waals surface area contributed by atoms with Gasteiger partial charge in [-0.3, -0.25) is 14.7 Å². The maximum absolute atomic E-state index is 14.2. The fourth-order valence-corrected chi connectivity index (χ4v) is 2.09. The first-order chi connectivity index (χ1) is 10.5. The highest BCUT2D eigenvalue weighted by molar-refractivity contribution is 6.06. The van der Waals surface area contributed by atoms with Crippen molar-refractivity contribution >= 4 is 22.8 Å². The molecule has 0 saturated carbocycles. The molecule has 0 bridgehead atoms. The summed E-state index contributed by atoms with van der Waals surface area (Å²) in [6, 6.07) is 2.97. The van der Waals surface area contributed by atoms with Gasteiger partial charge in [0.2, 0.25) is 5.88 Å². The number of halogens is 2. The average Bonchev–Trinajstić information content (AvgIpc) is 2.55. The molecule has 0 saturated heterocycles. The molecule has 2 aromatic rings. The van der Waals surface area contributed by atoms with E-state index < -0.39 is 23.5 Å². The molecule has 0 spiro atoms. The standard InChI is InChI=1S/C14H12F2N2O4/c1-3-9(19)12(14(20)22-16)11-7(15)6-17-8-4-5-10(21-2)18-13(8)11/h4-6,12H,3H2,1-2H3. The number of nitrogens with zero attached hydrogens (tertiary/aromatic N) is 2. The zero-order chi connectivity index (χ0) is 16.3. The van der Waals surface area contributed by atoms with Crippen molar-refractivity contribution in [1.29, 1.82) is 0 Å². The molecule has 22 heavy (non-hydrogen) atoms. The Balaban J connectivity index is 2.77. The van der Waals surface area contributed by atoms with Gasteiger partial charge in [0.05, 0.1) is 18.8 Å². The van der Waals surface area contributed by atoms with Crippen LogP contribution in [0.3, 0.4) is 0 Å². The predicted octanol–water partition coefficient (Wildman–Crippen LogP) is 2.27. The molecule has 0 N–H and O–H groups in total. The molecule has 0 aliphatic carbocycles. The van der Waals surface area contributed by atoms with Crippen LogP contribution < -0.4 is 4.74 Å². The molecule has 2 heterocycles. The van der Waals surface area contributed by atoms with Crippen LogP contribution in [-0.4, -0.2) is 28.8 Å². The fourth-order valence-electron chi connectivity index (χ4n) is 2.09. The number of aromatic nitrogens is 2. The highest BCUT2D eigenvalue weighted by Crippen LogP contribution is 2.30. The zero-order valence-corrected chi connectivity index (χ0v) is 11.8. The Kier molecular flexibility index (Phi) is 4.59. The summed E-state index contributed by atoms with van der Waals surface area (Å²) in [5, 5.41) is 0. The Morgan fingerprint density at radius 3 is 2.68 bits per heavy atom. The van der Waals surface area contributed by atoms with Gasteiger partial charge < -0.3 is 4.74 Å². The Labute approximate surface area is 124 Å². The van der Waals surface area contributed by atoms with Crippen LogP contribution >= 0.6 is 0 Å². The first-order valence-electron chi connectivity index (χ1n) is 6.37. The van der Waals surface area contributed by atoms with Crippen LogP contribution in [-0.2, 0) is 14.5 Å². The molecular weight excluding hydrogens is 298 g/mol. The minimum atomic E-state index is -1.75. The summed E-state index contributed by atoms with van der Waals surface area (Å²) >= 11 is 0. The zero-order valence-electron chi connectivity index (χ0n) is 11.8. The highest BCUT2D eigenvalue weighted by atomic mass is 19.3. The summed E-state index contributed by atoms with van der Waals surface area (Å²) in [4.78, 5) is 34.5. The number of rotatable bonds is 5. The van der Waals surface area contributed by atoms with Gasteiger partial charge in [-0.05, 0) is 6.07 Å². The van der Waals surface area contributed by atoms with Gasteiger partial charge in [0.25, 0.3) is 0 Å². The number of carbonyl (C=O) groups is 2. The SMILES string of the molecule is CCC(=O)C(C(=O)OF)c1c(F)cnc2ccc(OC)nc12. The van der Waals surface area contributed by atoms with E-state index in [0.29, 0.717) is 0 Å². The number of ketones is 1. The maximum Gasteiger partial charge on any atom is 0.363 e. The minimum Gasteiger partial charge on any atom is -0.481 e. The number of methoxy groups -OCH3 is 1. The fraction of sp³-hybridized carbons (Fsp3) is 0.286. The van der Waals surface area contributed by atoms with Crippen LogP contribution in [0.2, 0.25) is 0 Å². The van der Waals surface area contributed by atoms with Crippen LogP contribution in [0.25, 0.3) is 11.0 Å². The molecule has 1 unspecified atom stereocenters. The second kappa shape index (κ2) is 6.42. The molecule has 2 rings (SSSR count). The lowest BCUT2D eigenvalue weighted by Gasteiger charge is -2.14. The number of hydrogen-bond acceptors (Lipinski definition) is 6. The van der Waals surface area contributed by atoms with Gasteiger partial charge in [-0.15, -0.1) is 0 Å². The molecular formula is C14H12F2N2O4. The van der Waals surface area contributed by atoms with E-state index in [-0.39, 0.29) is 28.9 Å². The third-order valence-corrected chi connectivity index (χ3v) is 3.16. The second-order valence-electron chi connectivity index (χ2n) is 4.39. The number of hydrogen-bond donors (Lipinski definition) is 0. The van der Waals surface area contributed by atoms with Gasteiger partial charge in [-0.2, -0.15) is 0 Å². The van der Waals surface area contributed by atoms with Crippen LogP contribution in [0.15, 0.2) is 18.3 Å². The Bertz CT molecular complexity index is 720. The van der Waals surface area contributed by atoms with Crippen molar-refractivity contribution in [3.63, 3.8) is 0 Å². The van der Waals surface area contributed by atoms with Crippen molar-refractivity contribution in [3.05, 3.63) is 29.7 Å².